The summed E-state index contributed by atoms with van der Waals surface area (Å²) in [6.45, 7) is 6.20. The fourth-order valence-electron chi connectivity index (χ4n) is 0.517. The van der Waals surface area contributed by atoms with Crippen LogP contribution in [0.15, 0.2) is 11.6 Å². The Morgan fingerprint density at radius 3 is 2.55 bits per heavy atom. The van der Waals surface area contributed by atoms with Gasteiger partial charge in [0.05, 0.1) is 6.04 Å². The summed E-state index contributed by atoms with van der Waals surface area (Å²) in [5.74, 6) is -0.109. The van der Waals surface area contributed by atoms with Gasteiger partial charge in [-0.25, -0.2) is 0 Å². The van der Waals surface area contributed by atoms with Crippen LogP contribution in [0.25, 0.3) is 0 Å². The molecule has 0 fully saturated rings. The van der Waals surface area contributed by atoms with Crippen LogP contribution in [0.4, 0.5) is 0 Å². The summed E-state index contributed by atoms with van der Waals surface area (Å²) in [5.41, 5.74) is 6.51. The van der Waals surface area contributed by atoms with Crippen LogP contribution in [-0.2, 0) is 4.79 Å². The molecule has 0 heterocycles. The summed E-state index contributed by atoms with van der Waals surface area (Å²) < 4.78 is 0. The van der Waals surface area contributed by atoms with E-state index in [2.05, 4.69) is 5.32 Å². The molecule has 0 aliphatic carbocycles. The molecule has 0 aromatic heterocycles. The second-order valence-corrected chi connectivity index (χ2v) is 2.82. The predicted octanol–water partition coefficient (Wildman–Crippen LogP) is 0.416. The predicted molar refractivity (Wildman–Crippen MR) is 46.1 cm³/mol. The fraction of sp³-hybridized carbons (Fsp3) is 0.625. The van der Waals surface area contributed by atoms with Gasteiger partial charge in [0.25, 0.3) is 0 Å². The van der Waals surface area contributed by atoms with E-state index in [0.717, 1.165) is 0 Å². The lowest BCUT2D eigenvalue weighted by Crippen LogP contribution is -2.38. The quantitative estimate of drug-likeness (QED) is 0.582. The van der Waals surface area contributed by atoms with Gasteiger partial charge in [-0.2, -0.15) is 0 Å². The highest BCUT2D eigenvalue weighted by Gasteiger charge is 2.03. The van der Waals surface area contributed by atoms with E-state index in [1.165, 1.54) is 5.57 Å². The minimum Gasteiger partial charge on any atom is -0.351 e. The summed E-state index contributed by atoms with van der Waals surface area (Å²) in [7, 11) is 0. The highest BCUT2D eigenvalue weighted by molar-refractivity contribution is 5.81. The number of allylic oxidation sites excluding steroid dienone is 1. The molecule has 0 aliphatic heterocycles. The molecule has 3 heteroatoms. The lowest BCUT2D eigenvalue weighted by atomic mass is 10.3. The molecule has 0 aromatic carbocycles. The van der Waals surface area contributed by atoms with Gasteiger partial charge in [0, 0.05) is 6.54 Å². The van der Waals surface area contributed by atoms with Crippen LogP contribution in [0.2, 0.25) is 0 Å². The first kappa shape index (κ1) is 10.2. The normalized spacial score (nSPS) is 12.0. The third-order valence-corrected chi connectivity index (χ3v) is 1.20. The number of amides is 1. The van der Waals surface area contributed by atoms with E-state index in [9.17, 15) is 4.79 Å². The third kappa shape index (κ3) is 5.61. The zero-order valence-corrected chi connectivity index (χ0v) is 7.35. The summed E-state index contributed by atoms with van der Waals surface area (Å²) in [5, 5.41) is 2.67. The highest BCUT2D eigenvalue weighted by Crippen LogP contribution is 1.85. The van der Waals surface area contributed by atoms with Gasteiger partial charge < -0.3 is 11.1 Å². The Balaban J connectivity index is 3.56. The molecular weight excluding hydrogens is 140 g/mol. The number of hydrogen-bond donors (Lipinski definition) is 2. The van der Waals surface area contributed by atoms with Crippen molar-refractivity contribution in [1.82, 2.24) is 5.32 Å². The zero-order chi connectivity index (χ0) is 8.85. The minimum atomic E-state index is -0.416. The van der Waals surface area contributed by atoms with Crippen LogP contribution in [0.1, 0.15) is 20.8 Å². The smallest absolute Gasteiger partial charge is 0.236 e. The summed E-state index contributed by atoms with van der Waals surface area (Å²) >= 11 is 0. The maximum absolute atomic E-state index is 10.9. The maximum atomic E-state index is 10.9. The molecule has 64 valence electrons. The Morgan fingerprint density at radius 1 is 1.64 bits per heavy atom. The van der Waals surface area contributed by atoms with Crippen LogP contribution < -0.4 is 11.1 Å². The topological polar surface area (TPSA) is 55.1 Å². The monoisotopic (exact) mass is 156 g/mol. The summed E-state index contributed by atoms with van der Waals surface area (Å²) in [4.78, 5) is 10.9. The van der Waals surface area contributed by atoms with Crippen molar-refractivity contribution in [2.24, 2.45) is 5.73 Å². The molecule has 3 N–H and O–H groups in total. The molecule has 3 nitrogen and oxygen atoms in total. The van der Waals surface area contributed by atoms with E-state index >= 15 is 0 Å². The number of hydrogen-bond acceptors (Lipinski definition) is 2. The Labute approximate surface area is 67.7 Å². The Bertz CT molecular complexity index is 157. The van der Waals surface area contributed by atoms with Crippen LogP contribution in [0.3, 0.4) is 0 Å². The first-order valence-corrected chi connectivity index (χ1v) is 3.70. The number of nitrogens with one attached hydrogen (secondary N) is 1. The van der Waals surface area contributed by atoms with Crippen molar-refractivity contribution in [2.45, 2.75) is 26.8 Å². The van der Waals surface area contributed by atoms with Gasteiger partial charge in [-0.05, 0) is 20.8 Å². The van der Waals surface area contributed by atoms with Crippen LogP contribution in [0, 0.1) is 0 Å². The average Bonchev–Trinajstić information content (AvgIpc) is 1.86. The van der Waals surface area contributed by atoms with Crippen molar-refractivity contribution in [3.8, 4) is 0 Å². The van der Waals surface area contributed by atoms with Crippen molar-refractivity contribution in [2.75, 3.05) is 6.54 Å². The largest absolute Gasteiger partial charge is 0.351 e. The Kier molecular flexibility index (Phi) is 4.54. The molecule has 11 heavy (non-hydrogen) atoms. The average molecular weight is 156 g/mol. The van der Waals surface area contributed by atoms with E-state index in [4.69, 9.17) is 5.73 Å². The number of carbonyl (C=O) groups excluding carboxylic acids is 1. The Hall–Kier alpha value is -0.830. The number of nitrogens with two attached hydrogens (primary N) is 1. The van der Waals surface area contributed by atoms with Crippen molar-refractivity contribution in [3.05, 3.63) is 11.6 Å². The molecule has 0 aliphatic rings. The molecule has 0 radical (unpaired) electrons. The lowest BCUT2D eigenvalue weighted by Gasteiger charge is -2.04. The van der Waals surface area contributed by atoms with Crippen molar-refractivity contribution >= 4 is 5.91 Å². The van der Waals surface area contributed by atoms with Crippen LogP contribution in [0.5, 0.6) is 0 Å². The maximum Gasteiger partial charge on any atom is 0.236 e. The zero-order valence-electron chi connectivity index (χ0n) is 7.35. The van der Waals surface area contributed by atoms with Crippen molar-refractivity contribution < 1.29 is 4.79 Å². The van der Waals surface area contributed by atoms with E-state index in [1.54, 1.807) is 6.92 Å². The van der Waals surface area contributed by atoms with E-state index in [1.807, 2.05) is 19.9 Å². The lowest BCUT2D eigenvalue weighted by molar-refractivity contribution is -0.121. The van der Waals surface area contributed by atoms with Gasteiger partial charge in [-0.3, -0.25) is 4.79 Å². The summed E-state index contributed by atoms with van der Waals surface area (Å²) in [6.07, 6.45) is 1.94. The standard InChI is InChI=1S/C8H16N2O/c1-6(2)4-5-10-8(11)7(3)9/h4,7H,5,9H2,1-3H3,(H,10,11). The molecule has 0 spiro atoms. The number of carbonyl (C=O) groups is 1. The van der Waals surface area contributed by atoms with E-state index in [0.29, 0.717) is 6.54 Å². The highest BCUT2D eigenvalue weighted by atomic mass is 16.2. The van der Waals surface area contributed by atoms with Gasteiger partial charge in [0.1, 0.15) is 0 Å². The summed E-state index contributed by atoms with van der Waals surface area (Å²) in [6, 6.07) is -0.416. The van der Waals surface area contributed by atoms with E-state index < -0.39 is 6.04 Å². The number of rotatable bonds is 3. The molecule has 0 saturated heterocycles. The van der Waals surface area contributed by atoms with Crippen molar-refractivity contribution in [1.29, 1.82) is 0 Å². The molecule has 0 aromatic rings. The molecular formula is C8H16N2O. The molecule has 0 rings (SSSR count). The molecule has 0 bridgehead atoms. The van der Waals surface area contributed by atoms with Gasteiger partial charge in [-0.1, -0.05) is 11.6 Å². The molecule has 1 atom stereocenters. The van der Waals surface area contributed by atoms with Gasteiger partial charge >= 0.3 is 0 Å². The fourth-order valence-corrected chi connectivity index (χ4v) is 0.517. The molecule has 0 saturated carbocycles. The van der Waals surface area contributed by atoms with Crippen LogP contribution in [-0.4, -0.2) is 18.5 Å². The van der Waals surface area contributed by atoms with Crippen molar-refractivity contribution in [3.63, 3.8) is 0 Å². The van der Waals surface area contributed by atoms with Gasteiger partial charge in [0.15, 0.2) is 0 Å². The van der Waals surface area contributed by atoms with Gasteiger partial charge in [-0.15, -0.1) is 0 Å². The van der Waals surface area contributed by atoms with Crippen LogP contribution >= 0.6 is 0 Å². The second kappa shape index (κ2) is 4.91. The first-order chi connectivity index (χ1) is 5.04. The Morgan fingerprint density at radius 2 is 2.18 bits per heavy atom. The third-order valence-electron chi connectivity index (χ3n) is 1.20. The first-order valence-electron chi connectivity index (χ1n) is 3.70. The van der Waals surface area contributed by atoms with Gasteiger partial charge in [0.2, 0.25) is 5.91 Å². The molecule has 1 amide bonds. The second-order valence-electron chi connectivity index (χ2n) is 2.82. The molecule has 1 unspecified atom stereocenters. The SMILES string of the molecule is CC(C)=CCNC(=O)C(C)N. The minimum absolute atomic E-state index is 0.109. The van der Waals surface area contributed by atoms with E-state index in [-0.39, 0.29) is 5.91 Å².